The van der Waals surface area contributed by atoms with Crippen LogP contribution in [0.2, 0.25) is 0 Å². The Bertz CT molecular complexity index is 1070. The third kappa shape index (κ3) is 7.72. The fourth-order valence-corrected chi connectivity index (χ4v) is 2.90. The molecule has 0 saturated heterocycles. The molecule has 0 aliphatic heterocycles. The molecule has 3 aromatic carbocycles. The van der Waals surface area contributed by atoms with E-state index in [0.717, 1.165) is 33.8 Å². The number of halogens is 1. The van der Waals surface area contributed by atoms with Gasteiger partial charge in [-0.1, -0.05) is 31.4 Å². The predicted octanol–water partition coefficient (Wildman–Crippen LogP) is 6.86. The fraction of sp³-hybridized carbons (Fsp3) is 0.214. The predicted molar refractivity (Wildman–Crippen MR) is 130 cm³/mol. The van der Waals surface area contributed by atoms with Crippen LogP contribution < -0.4 is 18.9 Å². The second kappa shape index (κ2) is 11.8. The van der Waals surface area contributed by atoms with E-state index in [0.29, 0.717) is 25.6 Å². The van der Waals surface area contributed by atoms with E-state index in [4.69, 9.17) is 18.9 Å². The minimum absolute atomic E-state index is 0.187. The van der Waals surface area contributed by atoms with Gasteiger partial charge in [-0.25, -0.2) is 4.39 Å². The maximum atomic E-state index is 14.5. The zero-order chi connectivity index (χ0) is 23.6. The SMILES string of the molecule is C=C(C)COc1ccc(OCCOc2ccc(-c3ccc(OCC(=C)C)cc3)cc2F)cc1. The van der Waals surface area contributed by atoms with Gasteiger partial charge in [0.1, 0.15) is 43.7 Å². The van der Waals surface area contributed by atoms with Crippen molar-refractivity contribution in [3.63, 3.8) is 0 Å². The lowest BCUT2D eigenvalue weighted by atomic mass is 10.1. The van der Waals surface area contributed by atoms with Gasteiger partial charge in [-0.2, -0.15) is 0 Å². The molecular weight excluding hydrogens is 419 g/mol. The van der Waals surface area contributed by atoms with Crippen LogP contribution in [0, 0.1) is 5.82 Å². The number of hydrogen-bond acceptors (Lipinski definition) is 4. The molecule has 0 fully saturated rings. The van der Waals surface area contributed by atoms with Crippen molar-refractivity contribution in [2.45, 2.75) is 13.8 Å². The van der Waals surface area contributed by atoms with Gasteiger partial charge in [0.25, 0.3) is 0 Å². The van der Waals surface area contributed by atoms with Crippen molar-refractivity contribution in [2.75, 3.05) is 26.4 Å². The van der Waals surface area contributed by atoms with E-state index < -0.39 is 5.82 Å². The summed E-state index contributed by atoms with van der Waals surface area (Å²) in [4.78, 5) is 0. The van der Waals surface area contributed by atoms with Crippen LogP contribution in [0.3, 0.4) is 0 Å². The Kier molecular flexibility index (Phi) is 8.53. The maximum absolute atomic E-state index is 14.5. The molecular formula is C28H29FO4. The Morgan fingerprint density at radius 1 is 0.636 bits per heavy atom. The summed E-state index contributed by atoms with van der Waals surface area (Å²) in [6.07, 6.45) is 0. The summed E-state index contributed by atoms with van der Waals surface area (Å²) in [7, 11) is 0. The lowest BCUT2D eigenvalue weighted by Gasteiger charge is -2.11. The van der Waals surface area contributed by atoms with Gasteiger partial charge in [0, 0.05) is 0 Å². The Labute approximate surface area is 194 Å². The highest BCUT2D eigenvalue weighted by Gasteiger charge is 2.07. The van der Waals surface area contributed by atoms with Gasteiger partial charge in [-0.3, -0.25) is 0 Å². The summed E-state index contributed by atoms with van der Waals surface area (Å²) < 4.78 is 36.9. The molecule has 0 radical (unpaired) electrons. The van der Waals surface area contributed by atoms with Crippen molar-refractivity contribution >= 4 is 0 Å². The topological polar surface area (TPSA) is 36.9 Å². The average Bonchev–Trinajstić information content (AvgIpc) is 2.81. The second-order valence-electron chi connectivity index (χ2n) is 7.83. The number of benzene rings is 3. The van der Waals surface area contributed by atoms with Gasteiger partial charge < -0.3 is 18.9 Å². The highest BCUT2D eigenvalue weighted by molar-refractivity contribution is 5.65. The zero-order valence-corrected chi connectivity index (χ0v) is 19.1. The number of rotatable bonds is 12. The number of hydrogen-bond donors (Lipinski definition) is 0. The monoisotopic (exact) mass is 448 g/mol. The van der Waals surface area contributed by atoms with Crippen molar-refractivity contribution in [1.29, 1.82) is 0 Å². The van der Waals surface area contributed by atoms with Gasteiger partial charge in [-0.05, 0) is 84.7 Å². The van der Waals surface area contributed by atoms with E-state index in [-0.39, 0.29) is 12.4 Å². The molecule has 0 aliphatic carbocycles. The molecule has 0 N–H and O–H groups in total. The standard InChI is InChI=1S/C28H29FO4/c1-20(2)18-32-25-8-5-22(6-9-25)23-7-14-28(27(29)17-23)31-16-15-30-24-10-12-26(13-11-24)33-19-21(3)4/h5-14,17H,1,3,15-16,18-19H2,2,4H3. The largest absolute Gasteiger partial charge is 0.490 e. The molecule has 0 aliphatic rings. The van der Waals surface area contributed by atoms with E-state index in [9.17, 15) is 4.39 Å². The average molecular weight is 449 g/mol. The van der Waals surface area contributed by atoms with Crippen molar-refractivity contribution in [1.82, 2.24) is 0 Å². The molecule has 0 unspecified atom stereocenters. The normalized spacial score (nSPS) is 10.4. The molecule has 33 heavy (non-hydrogen) atoms. The first-order valence-corrected chi connectivity index (χ1v) is 10.7. The lowest BCUT2D eigenvalue weighted by Crippen LogP contribution is -2.09. The lowest BCUT2D eigenvalue weighted by molar-refractivity contribution is 0.211. The third-order valence-corrected chi connectivity index (χ3v) is 4.52. The Hall–Kier alpha value is -3.73. The summed E-state index contributed by atoms with van der Waals surface area (Å²) in [5.74, 6) is 1.95. The van der Waals surface area contributed by atoms with Crippen LogP contribution in [-0.2, 0) is 0 Å². The Morgan fingerprint density at radius 2 is 1.09 bits per heavy atom. The van der Waals surface area contributed by atoms with Crippen LogP contribution in [0.15, 0.2) is 91.0 Å². The third-order valence-electron chi connectivity index (χ3n) is 4.52. The van der Waals surface area contributed by atoms with Crippen molar-refractivity contribution in [3.8, 4) is 34.1 Å². The van der Waals surface area contributed by atoms with Crippen LogP contribution in [0.4, 0.5) is 4.39 Å². The van der Waals surface area contributed by atoms with Gasteiger partial charge in [0.15, 0.2) is 11.6 Å². The van der Waals surface area contributed by atoms with Crippen molar-refractivity contribution in [2.24, 2.45) is 0 Å². The van der Waals surface area contributed by atoms with Crippen molar-refractivity contribution in [3.05, 3.63) is 96.9 Å². The Balaban J connectivity index is 1.47. The molecule has 0 atom stereocenters. The molecule has 0 heterocycles. The van der Waals surface area contributed by atoms with Gasteiger partial charge >= 0.3 is 0 Å². The van der Waals surface area contributed by atoms with Crippen LogP contribution in [-0.4, -0.2) is 26.4 Å². The summed E-state index contributed by atoms with van der Waals surface area (Å²) in [6.45, 7) is 12.9. The maximum Gasteiger partial charge on any atom is 0.165 e. The quantitative estimate of drug-likeness (QED) is 0.224. The second-order valence-corrected chi connectivity index (χ2v) is 7.83. The fourth-order valence-electron chi connectivity index (χ4n) is 2.90. The highest BCUT2D eigenvalue weighted by atomic mass is 19.1. The molecule has 3 rings (SSSR count). The van der Waals surface area contributed by atoms with E-state index in [1.54, 1.807) is 6.07 Å². The van der Waals surface area contributed by atoms with E-state index in [1.807, 2.05) is 68.4 Å². The summed E-state index contributed by atoms with van der Waals surface area (Å²) in [5, 5.41) is 0. The van der Waals surface area contributed by atoms with Gasteiger partial charge in [0.05, 0.1) is 0 Å². The highest BCUT2D eigenvalue weighted by Crippen LogP contribution is 2.27. The number of ether oxygens (including phenoxy) is 4. The first-order valence-electron chi connectivity index (χ1n) is 10.7. The molecule has 172 valence electrons. The molecule has 0 bridgehead atoms. The minimum atomic E-state index is -0.422. The van der Waals surface area contributed by atoms with Gasteiger partial charge in [0.2, 0.25) is 0 Å². The van der Waals surface area contributed by atoms with Gasteiger partial charge in [-0.15, -0.1) is 0 Å². The molecule has 0 amide bonds. The summed E-state index contributed by atoms with van der Waals surface area (Å²) >= 11 is 0. The smallest absolute Gasteiger partial charge is 0.165 e. The molecule has 0 spiro atoms. The molecule has 3 aromatic rings. The van der Waals surface area contributed by atoms with Crippen LogP contribution in [0.25, 0.3) is 11.1 Å². The van der Waals surface area contributed by atoms with E-state index in [1.165, 1.54) is 6.07 Å². The first kappa shape index (κ1) is 23.9. The molecule has 0 saturated carbocycles. The van der Waals surface area contributed by atoms with Crippen molar-refractivity contribution < 1.29 is 23.3 Å². The molecule has 5 heteroatoms. The first-order chi connectivity index (χ1) is 15.9. The molecule has 4 nitrogen and oxygen atoms in total. The minimum Gasteiger partial charge on any atom is -0.490 e. The van der Waals surface area contributed by atoms with Crippen LogP contribution >= 0.6 is 0 Å². The van der Waals surface area contributed by atoms with Crippen LogP contribution in [0.1, 0.15) is 13.8 Å². The zero-order valence-electron chi connectivity index (χ0n) is 19.1. The van der Waals surface area contributed by atoms with Crippen LogP contribution in [0.5, 0.6) is 23.0 Å². The summed E-state index contributed by atoms with van der Waals surface area (Å²) in [5.41, 5.74) is 3.55. The summed E-state index contributed by atoms with van der Waals surface area (Å²) in [6, 6.07) is 19.7. The van der Waals surface area contributed by atoms with E-state index >= 15 is 0 Å². The molecule has 0 aromatic heterocycles. The Morgan fingerprint density at radius 3 is 1.61 bits per heavy atom. The van der Waals surface area contributed by atoms with E-state index in [2.05, 4.69) is 13.2 Å².